The lowest BCUT2D eigenvalue weighted by Crippen LogP contribution is -2.53. The fourth-order valence-electron chi connectivity index (χ4n) is 3.14. The summed E-state index contributed by atoms with van der Waals surface area (Å²) >= 11 is 0. The first-order valence-corrected chi connectivity index (χ1v) is 9.10. The van der Waals surface area contributed by atoms with E-state index in [0.29, 0.717) is 26.2 Å². The first kappa shape index (κ1) is 18.8. The van der Waals surface area contributed by atoms with Crippen LogP contribution < -0.4 is 10.2 Å². The first-order chi connectivity index (χ1) is 13.0. The van der Waals surface area contributed by atoms with Gasteiger partial charge in [0.2, 0.25) is 0 Å². The molecule has 1 fully saturated rings. The number of non-ortho nitro benzene ring substituents is 1. The van der Waals surface area contributed by atoms with Crippen LogP contribution in [0, 0.1) is 10.1 Å². The molecule has 0 radical (unpaired) electrons. The SMILES string of the molecule is C[C@H](CCc1ccco1)NC(=O)N1CCN(c2ccc([N+](=O)[O-])cc2)CC1. The van der Waals surface area contributed by atoms with Crippen molar-refractivity contribution in [2.24, 2.45) is 0 Å². The zero-order chi connectivity index (χ0) is 19.2. The topological polar surface area (TPSA) is 91.9 Å². The molecule has 8 nitrogen and oxygen atoms in total. The van der Waals surface area contributed by atoms with Crippen LogP contribution in [0.5, 0.6) is 0 Å². The number of hydrogen-bond acceptors (Lipinski definition) is 5. The molecule has 144 valence electrons. The highest BCUT2D eigenvalue weighted by Gasteiger charge is 2.22. The van der Waals surface area contributed by atoms with Gasteiger partial charge in [-0.25, -0.2) is 4.79 Å². The van der Waals surface area contributed by atoms with Crippen molar-refractivity contribution in [1.82, 2.24) is 10.2 Å². The number of benzene rings is 1. The van der Waals surface area contributed by atoms with Gasteiger partial charge in [0.25, 0.3) is 5.69 Å². The lowest BCUT2D eigenvalue weighted by molar-refractivity contribution is -0.384. The van der Waals surface area contributed by atoms with Gasteiger partial charge in [-0.05, 0) is 37.6 Å². The number of amides is 2. The molecular formula is C19H24N4O4. The number of urea groups is 1. The number of furan rings is 1. The summed E-state index contributed by atoms with van der Waals surface area (Å²) in [5, 5.41) is 13.8. The molecule has 0 spiro atoms. The molecule has 3 rings (SSSR count). The van der Waals surface area contributed by atoms with E-state index in [0.717, 1.165) is 24.3 Å². The molecule has 8 heteroatoms. The normalized spacial score (nSPS) is 15.4. The molecule has 0 aliphatic carbocycles. The van der Waals surface area contributed by atoms with E-state index in [9.17, 15) is 14.9 Å². The standard InChI is InChI=1S/C19H24N4O4/c1-15(4-9-18-3-2-14-27-18)20-19(24)22-12-10-21(11-13-22)16-5-7-17(8-6-16)23(25)26/h2-3,5-8,14-15H,4,9-13H2,1H3,(H,20,24)/t15-/m1/s1. The molecule has 1 saturated heterocycles. The lowest BCUT2D eigenvalue weighted by atomic mass is 10.1. The van der Waals surface area contributed by atoms with E-state index in [2.05, 4.69) is 10.2 Å². The van der Waals surface area contributed by atoms with Crippen molar-refractivity contribution < 1.29 is 14.1 Å². The number of carbonyl (C=O) groups is 1. The number of hydrogen-bond donors (Lipinski definition) is 1. The number of nitrogens with one attached hydrogen (secondary N) is 1. The molecule has 1 aliphatic rings. The van der Waals surface area contributed by atoms with Gasteiger partial charge in [-0.15, -0.1) is 0 Å². The number of nitrogens with zero attached hydrogens (tertiary/aromatic N) is 3. The zero-order valence-corrected chi connectivity index (χ0v) is 15.3. The van der Waals surface area contributed by atoms with Crippen LogP contribution in [0.4, 0.5) is 16.2 Å². The third-order valence-electron chi connectivity index (χ3n) is 4.77. The van der Waals surface area contributed by atoms with E-state index in [1.165, 1.54) is 12.1 Å². The quantitative estimate of drug-likeness (QED) is 0.621. The predicted octanol–water partition coefficient (Wildman–Crippen LogP) is 3.04. The molecule has 1 aromatic carbocycles. The number of piperazine rings is 1. The Kier molecular flexibility index (Phi) is 5.95. The molecule has 27 heavy (non-hydrogen) atoms. The fourth-order valence-corrected chi connectivity index (χ4v) is 3.14. The highest BCUT2D eigenvalue weighted by molar-refractivity contribution is 5.75. The van der Waals surface area contributed by atoms with Gasteiger partial charge in [-0.3, -0.25) is 10.1 Å². The molecule has 0 saturated carbocycles. The second-order valence-electron chi connectivity index (χ2n) is 6.72. The molecule has 1 N–H and O–H groups in total. The molecule has 0 bridgehead atoms. The Balaban J connectivity index is 1.43. The third-order valence-corrected chi connectivity index (χ3v) is 4.77. The number of carbonyl (C=O) groups excluding carboxylic acids is 1. The van der Waals surface area contributed by atoms with E-state index < -0.39 is 4.92 Å². The largest absolute Gasteiger partial charge is 0.469 e. The highest BCUT2D eigenvalue weighted by atomic mass is 16.6. The summed E-state index contributed by atoms with van der Waals surface area (Å²) in [4.78, 5) is 26.7. The van der Waals surface area contributed by atoms with Gasteiger partial charge in [0.15, 0.2) is 0 Å². The lowest BCUT2D eigenvalue weighted by Gasteiger charge is -2.36. The number of nitro benzene ring substituents is 1. The van der Waals surface area contributed by atoms with E-state index in [-0.39, 0.29) is 17.8 Å². The molecule has 1 atom stereocenters. The van der Waals surface area contributed by atoms with E-state index in [4.69, 9.17) is 4.42 Å². The van der Waals surface area contributed by atoms with Crippen LogP contribution in [0.1, 0.15) is 19.1 Å². The van der Waals surface area contributed by atoms with Crippen molar-refractivity contribution in [2.45, 2.75) is 25.8 Å². The summed E-state index contributed by atoms with van der Waals surface area (Å²) in [6, 6.07) is 10.3. The Morgan fingerprint density at radius 1 is 1.22 bits per heavy atom. The summed E-state index contributed by atoms with van der Waals surface area (Å²) in [6.07, 6.45) is 3.27. The summed E-state index contributed by atoms with van der Waals surface area (Å²) < 4.78 is 5.31. The first-order valence-electron chi connectivity index (χ1n) is 9.10. The Morgan fingerprint density at radius 2 is 1.93 bits per heavy atom. The Bertz CT molecular complexity index is 753. The van der Waals surface area contributed by atoms with Gasteiger partial charge >= 0.3 is 6.03 Å². The van der Waals surface area contributed by atoms with E-state index in [1.54, 1.807) is 18.4 Å². The molecular weight excluding hydrogens is 348 g/mol. The summed E-state index contributed by atoms with van der Waals surface area (Å²) in [5.74, 6) is 0.924. The number of rotatable bonds is 6. The minimum atomic E-state index is -0.404. The van der Waals surface area contributed by atoms with Crippen molar-refractivity contribution in [3.05, 3.63) is 58.5 Å². The van der Waals surface area contributed by atoms with Crippen LogP contribution in [0.2, 0.25) is 0 Å². The zero-order valence-electron chi connectivity index (χ0n) is 15.3. The minimum Gasteiger partial charge on any atom is -0.469 e. The third kappa shape index (κ3) is 4.99. The average molecular weight is 372 g/mol. The molecule has 0 unspecified atom stereocenters. The maximum atomic E-state index is 12.4. The predicted molar refractivity (Wildman–Crippen MR) is 102 cm³/mol. The van der Waals surface area contributed by atoms with Crippen LogP contribution >= 0.6 is 0 Å². The van der Waals surface area contributed by atoms with Crippen molar-refractivity contribution in [3.63, 3.8) is 0 Å². The van der Waals surface area contributed by atoms with Crippen LogP contribution in [-0.4, -0.2) is 48.1 Å². The minimum absolute atomic E-state index is 0.0507. The van der Waals surface area contributed by atoms with E-state index in [1.807, 2.05) is 24.0 Å². The van der Waals surface area contributed by atoms with Gasteiger partial charge < -0.3 is 19.5 Å². The summed E-state index contributed by atoms with van der Waals surface area (Å²) in [5.41, 5.74) is 1.02. The molecule has 1 aliphatic heterocycles. The second kappa shape index (κ2) is 8.57. The smallest absolute Gasteiger partial charge is 0.317 e. The number of nitro groups is 1. The van der Waals surface area contributed by atoms with Gasteiger partial charge in [0.05, 0.1) is 11.2 Å². The fraction of sp³-hybridized carbons (Fsp3) is 0.421. The highest BCUT2D eigenvalue weighted by Crippen LogP contribution is 2.20. The number of anilines is 1. The second-order valence-corrected chi connectivity index (χ2v) is 6.72. The van der Waals surface area contributed by atoms with Crippen LogP contribution in [0.3, 0.4) is 0 Å². The Hall–Kier alpha value is -3.03. The van der Waals surface area contributed by atoms with Crippen molar-refractivity contribution in [1.29, 1.82) is 0 Å². The van der Waals surface area contributed by atoms with Crippen molar-refractivity contribution in [2.75, 3.05) is 31.1 Å². The number of aryl methyl sites for hydroxylation is 1. The molecule has 2 heterocycles. The van der Waals surface area contributed by atoms with E-state index >= 15 is 0 Å². The summed E-state index contributed by atoms with van der Waals surface area (Å²) in [6.45, 7) is 4.63. The van der Waals surface area contributed by atoms with Gasteiger partial charge in [-0.1, -0.05) is 0 Å². The maximum Gasteiger partial charge on any atom is 0.317 e. The van der Waals surface area contributed by atoms with Crippen LogP contribution in [0.25, 0.3) is 0 Å². The average Bonchev–Trinajstić information content (AvgIpc) is 3.20. The van der Waals surface area contributed by atoms with Crippen LogP contribution in [0.15, 0.2) is 47.1 Å². The maximum absolute atomic E-state index is 12.4. The Morgan fingerprint density at radius 3 is 2.52 bits per heavy atom. The molecule has 1 aromatic heterocycles. The Labute approximate surface area is 157 Å². The van der Waals surface area contributed by atoms with Crippen molar-refractivity contribution >= 4 is 17.4 Å². The monoisotopic (exact) mass is 372 g/mol. The van der Waals surface area contributed by atoms with Crippen molar-refractivity contribution in [3.8, 4) is 0 Å². The molecule has 2 aromatic rings. The van der Waals surface area contributed by atoms with Gasteiger partial charge in [0, 0.05) is 56.5 Å². The summed E-state index contributed by atoms with van der Waals surface area (Å²) in [7, 11) is 0. The van der Waals surface area contributed by atoms with Gasteiger partial charge in [-0.2, -0.15) is 0 Å². The van der Waals surface area contributed by atoms with Gasteiger partial charge in [0.1, 0.15) is 5.76 Å². The van der Waals surface area contributed by atoms with Crippen LogP contribution in [-0.2, 0) is 6.42 Å². The molecule has 2 amide bonds.